The Balaban J connectivity index is 2.28. The molecule has 1 heterocycles. The van der Waals surface area contributed by atoms with E-state index < -0.39 is 0 Å². The van der Waals surface area contributed by atoms with Crippen molar-refractivity contribution in [3.8, 4) is 0 Å². The van der Waals surface area contributed by atoms with Crippen molar-refractivity contribution in [3.63, 3.8) is 0 Å². The second kappa shape index (κ2) is 5.81. The molecule has 1 aromatic rings. The number of carbonyl (C=O) groups is 1. The molecule has 1 unspecified atom stereocenters. The molecule has 0 fully saturated rings. The molecule has 3 nitrogen and oxygen atoms in total. The van der Waals surface area contributed by atoms with Crippen molar-refractivity contribution in [3.05, 3.63) is 24.2 Å². The summed E-state index contributed by atoms with van der Waals surface area (Å²) >= 11 is 6.04. The summed E-state index contributed by atoms with van der Waals surface area (Å²) in [4.78, 5) is 11.5. The maximum absolute atomic E-state index is 11.5. The SMILES string of the molecule is CC(C)CC(Cl)CNC(=O)c1ccoc1. The highest BCUT2D eigenvalue weighted by atomic mass is 35.5. The number of alkyl halides is 1. The molecule has 0 saturated heterocycles. The van der Waals surface area contributed by atoms with Crippen LogP contribution in [0.25, 0.3) is 0 Å². The van der Waals surface area contributed by atoms with Gasteiger partial charge in [0.25, 0.3) is 5.91 Å². The molecule has 4 heteroatoms. The van der Waals surface area contributed by atoms with Gasteiger partial charge in [0, 0.05) is 6.54 Å². The molecule has 0 aliphatic carbocycles. The predicted molar refractivity (Wildman–Crippen MR) is 60.1 cm³/mol. The van der Waals surface area contributed by atoms with E-state index in [-0.39, 0.29) is 11.3 Å². The molecule has 0 bridgehead atoms. The summed E-state index contributed by atoms with van der Waals surface area (Å²) in [7, 11) is 0. The zero-order valence-electron chi connectivity index (χ0n) is 9.00. The fraction of sp³-hybridized carbons (Fsp3) is 0.545. The molecule has 0 spiro atoms. The van der Waals surface area contributed by atoms with Crippen LogP contribution in [0.1, 0.15) is 30.6 Å². The van der Waals surface area contributed by atoms with Gasteiger partial charge in [-0.1, -0.05) is 13.8 Å². The Hall–Kier alpha value is -0.960. The molecule has 1 atom stereocenters. The molecule has 0 aromatic carbocycles. The first-order valence-corrected chi connectivity index (χ1v) is 5.47. The zero-order chi connectivity index (χ0) is 11.3. The number of hydrogen-bond donors (Lipinski definition) is 1. The van der Waals surface area contributed by atoms with Gasteiger partial charge < -0.3 is 9.73 Å². The maximum atomic E-state index is 11.5. The van der Waals surface area contributed by atoms with Gasteiger partial charge in [0.1, 0.15) is 6.26 Å². The average molecular weight is 230 g/mol. The van der Waals surface area contributed by atoms with E-state index in [0.29, 0.717) is 18.0 Å². The Labute approximate surface area is 94.8 Å². The standard InChI is InChI=1S/C11H16ClNO2/c1-8(2)5-10(12)6-13-11(14)9-3-4-15-7-9/h3-4,7-8,10H,5-6H2,1-2H3,(H,13,14). The van der Waals surface area contributed by atoms with Crippen LogP contribution in [-0.4, -0.2) is 17.8 Å². The van der Waals surface area contributed by atoms with E-state index in [1.54, 1.807) is 6.07 Å². The van der Waals surface area contributed by atoms with Gasteiger partial charge in [-0.2, -0.15) is 0 Å². The predicted octanol–water partition coefficient (Wildman–Crippen LogP) is 2.66. The van der Waals surface area contributed by atoms with Crippen molar-refractivity contribution in [2.75, 3.05) is 6.54 Å². The van der Waals surface area contributed by atoms with E-state index in [1.165, 1.54) is 12.5 Å². The first kappa shape index (κ1) is 12.1. The van der Waals surface area contributed by atoms with Crippen molar-refractivity contribution in [2.24, 2.45) is 5.92 Å². The summed E-state index contributed by atoms with van der Waals surface area (Å²) in [5.74, 6) is 0.400. The van der Waals surface area contributed by atoms with Gasteiger partial charge in [-0.05, 0) is 18.4 Å². The molecule has 0 aliphatic heterocycles. The van der Waals surface area contributed by atoms with Crippen LogP contribution in [0.15, 0.2) is 23.0 Å². The van der Waals surface area contributed by atoms with Gasteiger partial charge in [0.2, 0.25) is 0 Å². The van der Waals surface area contributed by atoms with Gasteiger partial charge in [-0.3, -0.25) is 4.79 Å². The molecular formula is C11H16ClNO2. The van der Waals surface area contributed by atoms with Gasteiger partial charge in [0.15, 0.2) is 0 Å². The highest BCUT2D eigenvalue weighted by Crippen LogP contribution is 2.09. The third-order valence-corrected chi connectivity index (χ3v) is 2.33. The minimum atomic E-state index is -0.141. The van der Waals surface area contributed by atoms with Gasteiger partial charge in [-0.15, -0.1) is 11.6 Å². The van der Waals surface area contributed by atoms with Gasteiger partial charge >= 0.3 is 0 Å². The fourth-order valence-corrected chi connectivity index (χ4v) is 1.73. The molecule has 1 aromatic heterocycles. The summed E-state index contributed by atoms with van der Waals surface area (Å²) in [5.41, 5.74) is 0.531. The molecule has 0 radical (unpaired) electrons. The van der Waals surface area contributed by atoms with E-state index in [2.05, 4.69) is 19.2 Å². The monoisotopic (exact) mass is 229 g/mol. The highest BCUT2D eigenvalue weighted by Gasteiger charge is 2.11. The minimum Gasteiger partial charge on any atom is -0.472 e. The first-order valence-electron chi connectivity index (χ1n) is 5.04. The number of rotatable bonds is 5. The number of carbonyl (C=O) groups excluding carboxylic acids is 1. The first-order chi connectivity index (χ1) is 7.09. The lowest BCUT2D eigenvalue weighted by Crippen LogP contribution is -2.30. The Morgan fingerprint density at radius 2 is 2.33 bits per heavy atom. The number of amides is 1. The van der Waals surface area contributed by atoms with Crippen LogP contribution in [0.4, 0.5) is 0 Å². The molecule has 1 amide bonds. The summed E-state index contributed by atoms with van der Waals surface area (Å²) < 4.78 is 4.81. The molecule has 0 aliphatic rings. The van der Waals surface area contributed by atoms with Gasteiger partial charge in [0.05, 0.1) is 17.2 Å². The van der Waals surface area contributed by atoms with E-state index in [1.807, 2.05) is 0 Å². The lowest BCUT2D eigenvalue weighted by Gasteiger charge is -2.12. The Kier molecular flexibility index (Phi) is 4.69. The third-order valence-electron chi connectivity index (χ3n) is 1.99. The van der Waals surface area contributed by atoms with Gasteiger partial charge in [-0.25, -0.2) is 0 Å². The Morgan fingerprint density at radius 3 is 2.87 bits per heavy atom. The maximum Gasteiger partial charge on any atom is 0.254 e. The topological polar surface area (TPSA) is 42.2 Å². The Bertz CT molecular complexity index is 296. The minimum absolute atomic E-state index is 0.0131. The van der Waals surface area contributed by atoms with E-state index in [0.717, 1.165) is 6.42 Å². The Morgan fingerprint density at radius 1 is 1.60 bits per heavy atom. The molecule has 15 heavy (non-hydrogen) atoms. The second-order valence-electron chi connectivity index (χ2n) is 3.95. The molecule has 1 rings (SSSR count). The van der Waals surface area contributed by atoms with Crippen molar-refractivity contribution in [2.45, 2.75) is 25.6 Å². The summed E-state index contributed by atoms with van der Waals surface area (Å²) in [6, 6.07) is 1.63. The van der Waals surface area contributed by atoms with E-state index in [9.17, 15) is 4.79 Å². The fourth-order valence-electron chi connectivity index (χ4n) is 1.29. The number of hydrogen-bond acceptors (Lipinski definition) is 2. The quantitative estimate of drug-likeness (QED) is 0.789. The highest BCUT2D eigenvalue weighted by molar-refractivity contribution is 6.20. The van der Waals surface area contributed by atoms with Crippen LogP contribution in [0.3, 0.4) is 0 Å². The van der Waals surface area contributed by atoms with Crippen molar-refractivity contribution >= 4 is 17.5 Å². The van der Waals surface area contributed by atoms with Crippen LogP contribution in [0.2, 0.25) is 0 Å². The van der Waals surface area contributed by atoms with Crippen molar-refractivity contribution in [1.82, 2.24) is 5.32 Å². The average Bonchev–Trinajstić information content (AvgIpc) is 2.65. The van der Waals surface area contributed by atoms with Crippen molar-refractivity contribution in [1.29, 1.82) is 0 Å². The molecule has 1 N–H and O–H groups in total. The van der Waals surface area contributed by atoms with E-state index >= 15 is 0 Å². The molecule has 0 saturated carbocycles. The number of nitrogens with one attached hydrogen (secondary N) is 1. The second-order valence-corrected chi connectivity index (χ2v) is 4.57. The molecule has 84 valence electrons. The lowest BCUT2D eigenvalue weighted by atomic mass is 10.1. The van der Waals surface area contributed by atoms with Crippen LogP contribution in [-0.2, 0) is 0 Å². The summed E-state index contributed by atoms with van der Waals surface area (Å²) in [5, 5.41) is 2.75. The van der Waals surface area contributed by atoms with Crippen molar-refractivity contribution < 1.29 is 9.21 Å². The lowest BCUT2D eigenvalue weighted by molar-refractivity contribution is 0.0952. The van der Waals surface area contributed by atoms with Crippen LogP contribution in [0.5, 0.6) is 0 Å². The van der Waals surface area contributed by atoms with Crippen LogP contribution >= 0.6 is 11.6 Å². The number of halogens is 1. The van der Waals surface area contributed by atoms with Crippen LogP contribution in [0, 0.1) is 5.92 Å². The van der Waals surface area contributed by atoms with E-state index in [4.69, 9.17) is 16.0 Å². The number of furan rings is 1. The summed E-state index contributed by atoms with van der Waals surface area (Å²) in [6.45, 7) is 4.70. The zero-order valence-corrected chi connectivity index (χ0v) is 9.75. The normalized spacial score (nSPS) is 12.8. The molecular weight excluding hydrogens is 214 g/mol. The largest absolute Gasteiger partial charge is 0.472 e. The smallest absolute Gasteiger partial charge is 0.254 e. The summed E-state index contributed by atoms with van der Waals surface area (Å²) in [6.07, 6.45) is 3.79. The third kappa shape index (κ3) is 4.38. The van der Waals surface area contributed by atoms with Crippen LogP contribution < -0.4 is 5.32 Å².